The number of rotatable bonds is 4. The van der Waals surface area contributed by atoms with Crippen LogP contribution in [0.4, 0.5) is 4.79 Å². The number of urea groups is 1. The zero-order valence-corrected chi connectivity index (χ0v) is 11.5. The SMILES string of the molecule is CCCNC(=O)C1COCCN1C(=O)NC1CCC1. The van der Waals surface area contributed by atoms with Crippen LogP contribution in [0.1, 0.15) is 32.6 Å². The van der Waals surface area contributed by atoms with Crippen molar-refractivity contribution in [3.05, 3.63) is 0 Å². The summed E-state index contributed by atoms with van der Waals surface area (Å²) in [6, 6.07) is -0.347. The number of carbonyl (C=O) groups is 2. The van der Waals surface area contributed by atoms with Gasteiger partial charge in [0.15, 0.2) is 0 Å². The van der Waals surface area contributed by atoms with Crippen molar-refractivity contribution in [3.8, 4) is 0 Å². The molecule has 1 unspecified atom stereocenters. The van der Waals surface area contributed by atoms with Gasteiger partial charge < -0.3 is 20.3 Å². The second-order valence-electron chi connectivity index (χ2n) is 5.15. The Labute approximate surface area is 113 Å². The molecule has 2 fully saturated rings. The van der Waals surface area contributed by atoms with Crippen LogP contribution < -0.4 is 10.6 Å². The first kappa shape index (κ1) is 14.1. The Balaban J connectivity index is 1.90. The van der Waals surface area contributed by atoms with Crippen LogP contribution in [0.5, 0.6) is 0 Å². The fourth-order valence-electron chi connectivity index (χ4n) is 2.24. The number of hydrogen-bond donors (Lipinski definition) is 2. The summed E-state index contributed by atoms with van der Waals surface area (Å²) in [7, 11) is 0. The molecular formula is C13H23N3O3. The Morgan fingerprint density at radius 1 is 1.37 bits per heavy atom. The van der Waals surface area contributed by atoms with E-state index in [9.17, 15) is 9.59 Å². The van der Waals surface area contributed by atoms with Gasteiger partial charge in [-0.25, -0.2) is 4.79 Å². The van der Waals surface area contributed by atoms with Crippen molar-refractivity contribution in [2.24, 2.45) is 0 Å². The van der Waals surface area contributed by atoms with E-state index in [1.54, 1.807) is 4.90 Å². The highest BCUT2D eigenvalue weighted by molar-refractivity contribution is 5.87. The molecule has 6 nitrogen and oxygen atoms in total. The lowest BCUT2D eigenvalue weighted by Crippen LogP contribution is -2.59. The molecule has 6 heteroatoms. The van der Waals surface area contributed by atoms with E-state index in [4.69, 9.17) is 4.74 Å². The van der Waals surface area contributed by atoms with Gasteiger partial charge in [-0.3, -0.25) is 4.79 Å². The third-order valence-electron chi connectivity index (χ3n) is 3.67. The predicted octanol–water partition coefficient (Wildman–Crippen LogP) is 0.476. The lowest BCUT2D eigenvalue weighted by atomic mass is 9.93. The van der Waals surface area contributed by atoms with Crippen LogP contribution >= 0.6 is 0 Å². The van der Waals surface area contributed by atoms with E-state index in [0.717, 1.165) is 19.3 Å². The van der Waals surface area contributed by atoms with Crippen LogP contribution in [0.2, 0.25) is 0 Å². The Hall–Kier alpha value is -1.30. The topological polar surface area (TPSA) is 70.7 Å². The zero-order chi connectivity index (χ0) is 13.7. The Morgan fingerprint density at radius 2 is 2.16 bits per heavy atom. The van der Waals surface area contributed by atoms with Crippen molar-refractivity contribution >= 4 is 11.9 Å². The number of hydrogen-bond acceptors (Lipinski definition) is 3. The number of carbonyl (C=O) groups excluding carboxylic acids is 2. The van der Waals surface area contributed by atoms with E-state index < -0.39 is 6.04 Å². The van der Waals surface area contributed by atoms with Gasteiger partial charge in [-0.1, -0.05) is 6.92 Å². The average Bonchev–Trinajstić information content (AvgIpc) is 2.40. The first-order chi connectivity index (χ1) is 9.22. The van der Waals surface area contributed by atoms with Gasteiger partial charge in [0.1, 0.15) is 6.04 Å². The summed E-state index contributed by atoms with van der Waals surface area (Å²) in [5.41, 5.74) is 0. The maximum absolute atomic E-state index is 12.2. The van der Waals surface area contributed by atoms with Crippen molar-refractivity contribution in [1.82, 2.24) is 15.5 Å². The van der Waals surface area contributed by atoms with E-state index in [1.165, 1.54) is 6.42 Å². The maximum Gasteiger partial charge on any atom is 0.318 e. The minimum atomic E-state index is -0.500. The molecule has 1 aliphatic carbocycles. The molecule has 0 aromatic rings. The molecule has 2 N–H and O–H groups in total. The number of nitrogens with one attached hydrogen (secondary N) is 2. The third-order valence-corrected chi connectivity index (χ3v) is 3.67. The van der Waals surface area contributed by atoms with Crippen LogP contribution in [0.3, 0.4) is 0 Å². The highest BCUT2D eigenvalue weighted by Gasteiger charge is 2.34. The molecule has 0 bridgehead atoms. The smallest absolute Gasteiger partial charge is 0.318 e. The van der Waals surface area contributed by atoms with Crippen molar-refractivity contribution in [2.75, 3.05) is 26.3 Å². The molecule has 2 aliphatic rings. The second kappa shape index (κ2) is 6.75. The molecule has 1 saturated carbocycles. The van der Waals surface area contributed by atoms with Crippen molar-refractivity contribution in [2.45, 2.75) is 44.7 Å². The quantitative estimate of drug-likeness (QED) is 0.779. The number of ether oxygens (including phenoxy) is 1. The molecule has 19 heavy (non-hydrogen) atoms. The second-order valence-corrected chi connectivity index (χ2v) is 5.15. The van der Waals surface area contributed by atoms with Crippen molar-refractivity contribution in [3.63, 3.8) is 0 Å². The van der Waals surface area contributed by atoms with E-state index in [1.807, 2.05) is 6.92 Å². The molecule has 0 radical (unpaired) electrons. The van der Waals surface area contributed by atoms with Gasteiger partial charge in [-0.15, -0.1) is 0 Å². The van der Waals surface area contributed by atoms with E-state index in [0.29, 0.717) is 19.7 Å². The lowest BCUT2D eigenvalue weighted by Gasteiger charge is -2.37. The summed E-state index contributed by atoms with van der Waals surface area (Å²) in [5, 5.41) is 5.81. The van der Waals surface area contributed by atoms with E-state index >= 15 is 0 Å². The van der Waals surface area contributed by atoms with Crippen LogP contribution in [0, 0.1) is 0 Å². The first-order valence-electron chi connectivity index (χ1n) is 7.15. The summed E-state index contributed by atoms with van der Waals surface area (Å²) >= 11 is 0. The largest absolute Gasteiger partial charge is 0.377 e. The van der Waals surface area contributed by atoms with Crippen LogP contribution in [0.15, 0.2) is 0 Å². The maximum atomic E-state index is 12.2. The van der Waals surface area contributed by atoms with Crippen molar-refractivity contribution < 1.29 is 14.3 Å². The molecular weight excluding hydrogens is 246 g/mol. The van der Waals surface area contributed by atoms with Gasteiger partial charge in [-0.05, 0) is 25.7 Å². The zero-order valence-electron chi connectivity index (χ0n) is 11.5. The molecule has 2 rings (SSSR count). The Morgan fingerprint density at radius 3 is 2.79 bits per heavy atom. The van der Waals surface area contributed by atoms with Gasteiger partial charge in [0.25, 0.3) is 0 Å². The molecule has 0 aromatic carbocycles. The van der Waals surface area contributed by atoms with Gasteiger partial charge >= 0.3 is 6.03 Å². The van der Waals surface area contributed by atoms with Crippen LogP contribution in [-0.4, -0.2) is 55.2 Å². The summed E-state index contributed by atoms with van der Waals surface area (Å²) in [6.45, 7) is 3.89. The number of amides is 3. The van der Waals surface area contributed by atoms with Crippen molar-refractivity contribution in [1.29, 1.82) is 0 Å². The summed E-state index contributed by atoms with van der Waals surface area (Å²) < 4.78 is 5.33. The standard InChI is InChI=1S/C13H23N3O3/c1-2-6-14-12(17)11-9-19-8-7-16(11)13(18)15-10-4-3-5-10/h10-11H,2-9H2,1H3,(H,14,17)(H,15,18). The minimum Gasteiger partial charge on any atom is -0.377 e. The lowest BCUT2D eigenvalue weighted by molar-refractivity contribution is -0.130. The summed E-state index contributed by atoms with van der Waals surface area (Å²) in [5.74, 6) is -0.120. The molecule has 1 atom stereocenters. The summed E-state index contributed by atoms with van der Waals surface area (Å²) in [6.07, 6.45) is 4.15. The molecule has 0 aromatic heterocycles. The monoisotopic (exact) mass is 269 g/mol. The highest BCUT2D eigenvalue weighted by atomic mass is 16.5. The van der Waals surface area contributed by atoms with E-state index in [-0.39, 0.29) is 24.6 Å². The predicted molar refractivity (Wildman–Crippen MR) is 70.8 cm³/mol. The number of morpholine rings is 1. The van der Waals surface area contributed by atoms with Gasteiger partial charge in [-0.2, -0.15) is 0 Å². The van der Waals surface area contributed by atoms with E-state index in [2.05, 4.69) is 10.6 Å². The average molecular weight is 269 g/mol. The Bertz CT molecular complexity index is 331. The third kappa shape index (κ3) is 3.59. The van der Waals surface area contributed by atoms with Gasteiger partial charge in [0.2, 0.25) is 5.91 Å². The molecule has 3 amide bonds. The van der Waals surface area contributed by atoms with Gasteiger partial charge in [0.05, 0.1) is 13.2 Å². The van der Waals surface area contributed by atoms with Crippen LogP contribution in [0.25, 0.3) is 0 Å². The van der Waals surface area contributed by atoms with Gasteiger partial charge in [0, 0.05) is 19.1 Å². The van der Waals surface area contributed by atoms with Crippen LogP contribution in [-0.2, 0) is 9.53 Å². The summed E-state index contributed by atoms with van der Waals surface area (Å²) in [4.78, 5) is 25.8. The normalized spacial score (nSPS) is 23.6. The molecule has 1 saturated heterocycles. The molecule has 1 heterocycles. The molecule has 0 spiro atoms. The molecule has 108 valence electrons. The fraction of sp³-hybridized carbons (Fsp3) is 0.846. The highest BCUT2D eigenvalue weighted by Crippen LogP contribution is 2.19. The molecule has 1 aliphatic heterocycles. The Kier molecular flexibility index (Phi) is 5.01. The first-order valence-corrected chi connectivity index (χ1v) is 7.15. The fourth-order valence-corrected chi connectivity index (χ4v) is 2.24. The minimum absolute atomic E-state index is 0.120. The number of nitrogens with zero attached hydrogens (tertiary/aromatic N) is 1.